The highest BCUT2D eigenvalue weighted by molar-refractivity contribution is 4.91. The van der Waals surface area contributed by atoms with Gasteiger partial charge in [0.05, 0.1) is 0 Å². The number of piperidine rings is 1. The Morgan fingerprint density at radius 2 is 2.15 bits per heavy atom. The summed E-state index contributed by atoms with van der Waals surface area (Å²) in [6.07, 6.45) is 3.53. The molecule has 72 valence electrons. The van der Waals surface area contributed by atoms with Crippen molar-refractivity contribution in [3.63, 3.8) is 0 Å². The summed E-state index contributed by atoms with van der Waals surface area (Å²) in [5.41, 5.74) is 8.36. The average molecular weight is 180 g/mol. The van der Waals surface area contributed by atoms with Crippen molar-refractivity contribution in [3.8, 4) is 0 Å². The molecule has 3 atom stereocenters. The van der Waals surface area contributed by atoms with Crippen LogP contribution in [0, 0.1) is 11.8 Å². The second-order valence-electron chi connectivity index (χ2n) is 4.40. The van der Waals surface area contributed by atoms with Crippen molar-refractivity contribution in [3.05, 3.63) is 10.4 Å². The van der Waals surface area contributed by atoms with E-state index in [1.54, 1.807) is 0 Å². The normalized spacial score (nSPS) is 39.6. The van der Waals surface area contributed by atoms with Crippen LogP contribution >= 0.6 is 0 Å². The second kappa shape index (κ2) is 3.56. The third-order valence-corrected chi connectivity index (χ3v) is 3.46. The van der Waals surface area contributed by atoms with Crippen molar-refractivity contribution < 1.29 is 0 Å². The first-order valence-electron chi connectivity index (χ1n) is 5.02. The number of fused-ring (bicyclic) bond motifs is 1. The van der Waals surface area contributed by atoms with Crippen molar-refractivity contribution in [1.29, 1.82) is 0 Å². The first kappa shape index (κ1) is 8.85. The molecule has 1 saturated carbocycles. The molecule has 2 rings (SSSR count). The molecular formula is C9H16N4. The zero-order chi connectivity index (χ0) is 9.26. The Bertz CT molecular complexity index is 234. The number of rotatable bonds is 1. The van der Waals surface area contributed by atoms with Gasteiger partial charge >= 0.3 is 0 Å². The monoisotopic (exact) mass is 180 g/mol. The van der Waals surface area contributed by atoms with E-state index in [0.29, 0.717) is 0 Å². The van der Waals surface area contributed by atoms with Gasteiger partial charge in [-0.05, 0) is 50.2 Å². The third-order valence-electron chi connectivity index (χ3n) is 3.46. The zero-order valence-electron chi connectivity index (χ0n) is 8.06. The summed E-state index contributed by atoms with van der Waals surface area (Å²) < 4.78 is 0. The minimum atomic E-state index is 0.284. The summed E-state index contributed by atoms with van der Waals surface area (Å²) in [7, 11) is 2.18. The summed E-state index contributed by atoms with van der Waals surface area (Å²) in [5.74, 6) is 1.61. The van der Waals surface area contributed by atoms with E-state index in [1.807, 2.05) is 0 Å². The van der Waals surface area contributed by atoms with Crippen LogP contribution in [0.15, 0.2) is 5.11 Å². The Labute approximate surface area is 78.5 Å². The van der Waals surface area contributed by atoms with Gasteiger partial charge in [0.15, 0.2) is 0 Å². The largest absolute Gasteiger partial charge is 0.306 e. The standard InChI is InChI=1S/C9H16N4/c1-13-3-2-7-4-9(11-12-10)5-8(7)6-13/h7-9H,2-6H2,1H3/t7-,8-,9?/m0/s1. The Balaban J connectivity index is 1.98. The lowest BCUT2D eigenvalue weighted by molar-refractivity contribution is 0.166. The number of likely N-dealkylation sites (tertiary alicyclic amines) is 1. The van der Waals surface area contributed by atoms with Gasteiger partial charge in [0.2, 0.25) is 0 Å². The molecule has 1 saturated heterocycles. The quantitative estimate of drug-likeness (QED) is 0.346. The summed E-state index contributed by atoms with van der Waals surface area (Å²) in [6.45, 7) is 2.41. The molecule has 0 bridgehead atoms. The van der Waals surface area contributed by atoms with Gasteiger partial charge < -0.3 is 4.90 Å². The Morgan fingerprint density at radius 1 is 1.38 bits per heavy atom. The first-order valence-corrected chi connectivity index (χ1v) is 5.02. The molecule has 0 aromatic heterocycles. The molecule has 0 amide bonds. The van der Waals surface area contributed by atoms with Gasteiger partial charge in [-0.1, -0.05) is 5.11 Å². The summed E-state index contributed by atoms with van der Waals surface area (Å²) in [4.78, 5) is 5.29. The molecule has 1 unspecified atom stereocenters. The third kappa shape index (κ3) is 1.79. The van der Waals surface area contributed by atoms with Gasteiger partial charge in [-0.25, -0.2) is 0 Å². The van der Waals surface area contributed by atoms with Crippen LogP contribution in [0.4, 0.5) is 0 Å². The van der Waals surface area contributed by atoms with E-state index in [1.165, 1.54) is 19.5 Å². The van der Waals surface area contributed by atoms with E-state index in [9.17, 15) is 0 Å². The summed E-state index contributed by atoms with van der Waals surface area (Å²) in [6, 6.07) is 0.284. The second-order valence-corrected chi connectivity index (χ2v) is 4.40. The predicted molar refractivity (Wildman–Crippen MR) is 51.3 cm³/mol. The van der Waals surface area contributed by atoms with Crippen molar-refractivity contribution >= 4 is 0 Å². The van der Waals surface area contributed by atoms with Gasteiger partial charge in [0.25, 0.3) is 0 Å². The van der Waals surface area contributed by atoms with Crippen LogP contribution < -0.4 is 0 Å². The lowest BCUT2D eigenvalue weighted by Crippen LogP contribution is -2.35. The predicted octanol–water partition coefficient (Wildman–Crippen LogP) is 2.03. The maximum absolute atomic E-state index is 8.36. The highest BCUT2D eigenvalue weighted by Gasteiger charge is 2.36. The van der Waals surface area contributed by atoms with Crippen LogP contribution in [-0.2, 0) is 0 Å². The molecule has 0 radical (unpaired) electrons. The van der Waals surface area contributed by atoms with Gasteiger partial charge in [-0.3, -0.25) is 0 Å². The summed E-state index contributed by atoms with van der Waals surface area (Å²) in [5, 5.41) is 3.83. The van der Waals surface area contributed by atoms with Crippen molar-refractivity contribution in [2.75, 3.05) is 20.1 Å². The summed E-state index contributed by atoms with van der Waals surface area (Å²) >= 11 is 0. The molecule has 2 aliphatic rings. The Morgan fingerprint density at radius 3 is 2.92 bits per heavy atom. The molecule has 4 nitrogen and oxygen atoms in total. The topological polar surface area (TPSA) is 52.0 Å². The number of azide groups is 1. The Kier molecular flexibility index (Phi) is 2.42. The number of nitrogens with zero attached hydrogens (tertiary/aromatic N) is 4. The van der Waals surface area contributed by atoms with E-state index in [4.69, 9.17) is 5.53 Å². The van der Waals surface area contributed by atoms with Crippen LogP contribution in [0.25, 0.3) is 10.4 Å². The molecule has 1 heterocycles. The minimum Gasteiger partial charge on any atom is -0.306 e. The van der Waals surface area contributed by atoms with Crippen LogP contribution in [0.2, 0.25) is 0 Å². The van der Waals surface area contributed by atoms with Crippen molar-refractivity contribution in [1.82, 2.24) is 4.90 Å². The maximum atomic E-state index is 8.36. The molecule has 1 aliphatic heterocycles. The molecule has 2 fully saturated rings. The zero-order valence-corrected chi connectivity index (χ0v) is 8.06. The highest BCUT2D eigenvalue weighted by atomic mass is 15.2. The molecule has 0 N–H and O–H groups in total. The van der Waals surface area contributed by atoms with Gasteiger partial charge in [0.1, 0.15) is 0 Å². The van der Waals surface area contributed by atoms with Crippen LogP contribution in [0.1, 0.15) is 19.3 Å². The molecule has 1 aliphatic carbocycles. The number of hydrogen-bond acceptors (Lipinski definition) is 2. The molecule has 0 aromatic carbocycles. The lowest BCUT2D eigenvalue weighted by Gasteiger charge is -2.32. The highest BCUT2D eigenvalue weighted by Crippen LogP contribution is 2.38. The maximum Gasteiger partial charge on any atom is 0.0380 e. The minimum absolute atomic E-state index is 0.284. The van der Waals surface area contributed by atoms with Crippen molar-refractivity contribution in [2.45, 2.75) is 25.3 Å². The van der Waals surface area contributed by atoms with E-state index >= 15 is 0 Å². The molecule has 13 heavy (non-hydrogen) atoms. The van der Waals surface area contributed by atoms with E-state index in [-0.39, 0.29) is 6.04 Å². The van der Waals surface area contributed by atoms with E-state index in [2.05, 4.69) is 22.0 Å². The molecule has 0 aromatic rings. The van der Waals surface area contributed by atoms with E-state index in [0.717, 1.165) is 24.7 Å². The van der Waals surface area contributed by atoms with Crippen LogP contribution in [0.3, 0.4) is 0 Å². The average Bonchev–Trinajstić information content (AvgIpc) is 2.46. The van der Waals surface area contributed by atoms with Crippen LogP contribution in [0.5, 0.6) is 0 Å². The van der Waals surface area contributed by atoms with Gasteiger partial charge in [0, 0.05) is 17.5 Å². The SMILES string of the molecule is CN1CC[C@H]2CC(N=[N+]=[N-])C[C@H]2C1. The Hall–Kier alpha value is -0.730. The molecular weight excluding hydrogens is 164 g/mol. The smallest absolute Gasteiger partial charge is 0.0380 e. The lowest BCUT2D eigenvalue weighted by atomic mass is 9.89. The van der Waals surface area contributed by atoms with Crippen LogP contribution in [-0.4, -0.2) is 31.1 Å². The van der Waals surface area contributed by atoms with Gasteiger partial charge in [-0.15, -0.1) is 0 Å². The fourth-order valence-electron chi connectivity index (χ4n) is 2.80. The van der Waals surface area contributed by atoms with E-state index < -0.39 is 0 Å². The first-order chi connectivity index (χ1) is 6.29. The van der Waals surface area contributed by atoms with Gasteiger partial charge in [-0.2, -0.15) is 0 Å². The fraction of sp³-hybridized carbons (Fsp3) is 1.00. The number of hydrogen-bond donors (Lipinski definition) is 0. The van der Waals surface area contributed by atoms with Crippen molar-refractivity contribution in [2.24, 2.45) is 17.0 Å². The fourth-order valence-corrected chi connectivity index (χ4v) is 2.80. The molecule has 0 spiro atoms. The molecule has 4 heteroatoms.